The number of likely N-dealkylation sites (tertiary alicyclic amines) is 1. The second-order valence-electron chi connectivity index (χ2n) is 11.0. The van der Waals surface area contributed by atoms with E-state index in [1.807, 2.05) is 0 Å². The van der Waals surface area contributed by atoms with Gasteiger partial charge in [-0.05, 0) is 66.0 Å². The average Bonchev–Trinajstić information content (AvgIpc) is 3.21. The number of halogens is 2. The molecule has 1 fully saturated rings. The van der Waals surface area contributed by atoms with E-state index in [1.54, 1.807) is 47.7 Å². The molecule has 9 nitrogen and oxygen atoms in total. The van der Waals surface area contributed by atoms with Crippen LogP contribution in [0.3, 0.4) is 0 Å². The second kappa shape index (κ2) is 10.9. The van der Waals surface area contributed by atoms with Crippen molar-refractivity contribution in [3.63, 3.8) is 0 Å². The Hall–Kier alpha value is -3.50. The minimum absolute atomic E-state index is 0.00620. The minimum atomic E-state index is -1.29. The molecule has 11 heteroatoms. The Morgan fingerprint density at radius 1 is 1.08 bits per heavy atom. The van der Waals surface area contributed by atoms with Crippen LogP contribution in [0.5, 0.6) is 0 Å². The van der Waals surface area contributed by atoms with E-state index in [4.69, 9.17) is 9.47 Å². The van der Waals surface area contributed by atoms with E-state index >= 15 is 0 Å². The van der Waals surface area contributed by atoms with Gasteiger partial charge in [-0.1, -0.05) is 12.1 Å². The number of nitrogens with zero attached hydrogens (tertiary/aromatic N) is 3. The first-order valence-electron chi connectivity index (χ1n) is 12.1. The molecule has 1 aliphatic heterocycles. The number of rotatable bonds is 4. The fourth-order valence-electron chi connectivity index (χ4n) is 4.13. The Morgan fingerprint density at radius 3 is 2.24 bits per heavy atom. The number of imidazole rings is 1. The molecule has 0 spiro atoms. The molecular weight excluding hydrogens is 486 g/mol. The van der Waals surface area contributed by atoms with Crippen LogP contribution in [0, 0.1) is 11.6 Å². The normalized spacial score (nSPS) is 18.8. The zero-order valence-corrected chi connectivity index (χ0v) is 22.0. The predicted molar refractivity (Wildman–Crippen MR) is 130 cm³/mol. The predicted octanol–water partition coefficient (Wildman–Crippen LogP) is 5.13. The molecule has 0 aliphatic carbocycles. The molecule has 37 heavy (non-hydrogen) atoms. The Balaban J connectivity index is 2.03. The minimum Gasteiger partial charge on any atom is -0.443 e. The van der Waals surface area contributed by atoms with Gasteiger partial charge >= 0.3 is 12.2 Å². The van der Waals surface area contributed by atoms with E-state index in [0.29, 0.717) is 10.7 Å². The summed E-state index contributed by atoms with van der Waals surface area (Å²) in [5, 5.41) is 0. The van der Waals surface area contributed by atoms with Crippen LogP contribution < -0.4 is 0 Å². The zero-order valence-electron chi connectivity index (χ0n) is 22.0. The lowest BCUT2D eigenvalue weighted by molar-refractivity contribution is -0.137. The third-order valence-corrected chi connectivity index (χ3v) is 5.63. The molecule has 2 atom stereocenters. The van der Waals surface area contributed by atoms with E-state index < -0.39 is 52.9 Å². The summed E-state index contributed by atoms with van der Waals surface area (Å²) in [6.07, 6.45) is 1.22. The molecule has 1 saturated heterocycles. The number of nitrogens with one attached hydrogen (secondary N) is 1. The fourth-order valence-corrected chi connectivity index (χ4v) is 4.13. The van der Waals surface area contributed by atoms with Gasteiger partial charge in [0, 0.05) is 24.9 Å². The summed E-state index contributed by atoms with van der Waals surface area (Å²) in [5.74, 6) is -2.70. The van der Waals surface area contributed by atoms with Gasteiger partial charge in [-0.15, -0.1) is 0 Å². The molecule has 2 aromatic rings. The Kier molecular flexibility index (Phi) is 8.24. The van der Waals surface area contributed by atoms with Crippen molar-refractivity contribution in [2.75, 3.05) is 6.54 Å². The van der Waals surface area contributed by atoms with E-state index in [2.05, 4.69) is 9.97 Å². The van der Waals surface area contributed by atoms with Crippen LogP contribution in [0.4, 0.5) is 18.4 Å². The smallest absolute Gasteiger partial charge is 0.420 e. The lowest BCUT2D eigenvalue weighted by atomic mass is 9.93. The first-order chi connectivity index (χ1) is 17.2. The van der Waals surface area contributed by atoms with Crippen molar-refractivity contribution in [2.45, 2.75) is 84.1 Å². The number of ether oxygens (including phenoxy) is 2. The summed E-state index contributed by atoms with van der Waals surface area (Å²) in [6.45, 7) is 9.85. The number of carbonyl (C=O) groups excluding carboxylic acids is 3. The number of amides is 3. The van der Waals surface area contributed by atoms with Gasteiger partial charge < -0.3 is 19.4 Å². The van der Waals surface area contributed by atoms with E-state index in [9.17, 15) is 23.2 Å². The van der Waals surface area contributed by atoms with E-state index in [-0.39, 0.29) is 31.5 Å². The monoisotopic (exact) mass is 520 g/mol. The van der Waals surface area contributed by atoms with Crippen molar-refractivity contribution in [1.82, 2.24) is 19.8 Å². The summed E-state index contributed by atoms with van der Waals surface area (Å²) in [7, 11) is 0. The van der Waals surface area contributed by atoms with Gasteiger partial charge in [0.1, 0.15) is 23.1 Å². The van der Waals surface area contributed by atoms with Crippen LogP contribution in [0.15, 0.2) is 30.6 Å². The van der Waals surface area contributed by atoms with Gasteiger partial charge in [0.2, 0.25) is 5.91 Å². The highest BCUT2D eigenvalue weighted by Gasteiger charge is 2.44. The molecule has 3 rings (SSSR count). The zero-order chi connectivity index (χ0) is 27.5. The molecule has 2 heterocycles. The summed E-state index contributed by atoms with van der Waals surface area (Å²) < 4.78 is 39.7. The Labute approximate surface area is 215 Å². The summed E-state index contributed by atoms with van der Waals surface area (Å²) >= 11 is 0. The van der Waals surface area contributed by atoms with Crippen molar-refractivity contribution in [2.24, 2.45) is 0 Å². The van der Waals surface area contributed by atoms with Crippen molar-refractivity contribution < 1.29 is 32.6 Å². The molecular formula is C26H34F2N4O5. The standard InChI is InChI=1S/C26H34F2N4O5/c1-25(2,3)36-23(34)32(24(35)37-26(4,5)6)19-11-10-16(17-8-7-9-18(27)21(17)28)14-31(22(19)33)15-20-29-12-13-30-20/h7-9,12-13,16,19H,10-11,14-15H2,1-6H3,(H,29,30)/t16-,19-/m1/s1. The van der Waals surface area contributed by atoms with Crippen LogP contribution in [0.1, 0.15) is 71.7 Å². The quantitative estimate of drug-likeness (QED) is 0.599. The number of benzene rings is 1. The number of hydrogen-bond donors (Lipinski definition) is 1. The summed E-state index contributed by atoms with van der Waals surface area (Å²) in [5.41, 5.74) is -1.79. The highest BCUT2D eigenvalue weighted by atomic mass is 19.2. The Morgan fingerprint density at radius 2 is 1.70 bits per heavy atom. The lowest BCUT2D eigenvalue weighted by Gasteiger charge is -2.33. The molecule has 0 saturated carbocycles. The third kappa shape index (κ3) is 7.27. The third-order valence-electron chi connectivity index (χ3n) is 5.63. The van der Waals surface area contributed by atoms with Crippen LogP contribution in [-0.2, 0) is 20.8 Å². The number of carbonyl (C=O) groups is 3. The highest BCUT2D eigenvalue weighted by Crippen LogP contribution is 2.33. The Bertz CT molecular complexity index is 1100. The maximum atomic E-state index is 14.7. The van der Waals surface area contributed by atoms with E-state index in [0.717, 1.165) is 6.07 Å². The number of aromatic nitrogens is 2. The second-order valence-corrected chi connectivity index (χ2v) is 11.0. The summed E-state index contributed by atoms with van der Waals surface area (Å²) in [6, 6.07) is 2.61. The van der Waals surface area contributed by atoms with Crippen LogP contribution in [0.25, 0.3) is 0 Å². The summed E-state index contributed by atoms with van der Waals surface area (Å²) in [4.78, 5) is 49.4. The van der Waals surface area contributed by atoms with Gasteiger partial charge in [-0.2, -0.15) is 4.90 Å². The number of hydrogen-bond acceptors (Lipinski definition) is 6. The molecule has 1 N–H and O–H groups in total. The average molecular weight is 521 g/mol. The molecule has 1 aromatic heterocycles. The molecule has 3 amide bonds. The molecule has 1 aromatic carbocycles. The van der Waals surface area contributed by atoms with Crippen LogP contribution >= 0.6 is 0 Å². The van der Waals surface area contributed by atoms with Crippen molar-refractivity contribution >= 4 is 18.1 Å². The van der Waals surface area contributed by atoms with Gasteiger partial charge in [0.15, 0.2) is 11.6 Å². The van der Waals surface area contributed by atoms with Crippen molar-refractivity contribution in [3.05, 3.63) is 53.6 Å². The van der Waals surface area contributed by atoms with Gasteiger partial charge in [-0.3, -0.25) is 4.79 Å². The molecule has 0 radical (unpaired) electrons. The van der Waals surface area contributed by atoms with Gasteiger partial charge in [-0.25, -0.2) is 23.4 Å². The lowest BCUT2D eigenvalue weighted by Crippen LogP contribution is -2.54. The van der Waals surface area contributed by atoms with Gasteiger partial charge in [0.05, 0.1) is 6.54 Å². The molecule has 0 bridgehead atoms. The topological polar surface area (TPSA) is 105 Å². The van der Waals surface area contributed by atoms with Crippen LogP contribution in [0.2, 0.25) is 0 Å². The number of imide groups is 1. The fraction of sp³-hybridized carbons (Fsp3) is 0.538. The first kappa shape index (κ1) is 28.1. The van der Waals surface area contributed by atoms with Crippen LogP contribution in [-0.4, -0.2) is 61.7 Å². The van der Waals surface area contributed by atoms with Crippen molar-refractivity contribution in [3.8, 4) is 0 Å². The van der Waals surface area contributed by atoms with Gasteiger partial charge in [0.25, 0.3) is 0 Å². The molecule has 0 unspecified atom stereocenters. The number of aromatic amines is 1. The molecule has 202 valence electrons. The highest BCUT2D eigenvalue weighted by molar-refractivity contribution is 5.95. The SMILES string of the molecule is CC(C)(C)OC(=O)N(C(=O)OC(C)(C)C)[C@@H]1CC[C@@H](c2cccc(F)c2F)CN(Cc2ncc[nH]2)C1=O. The maximum absolute atomic E-state index is 14.7. The van der Waals surface area contributed by atoms with E-state index in [1.165, 1.54) is 23.2 Å². The number of H-pyrrole nitrogens is 1. The largest absolute Gasteiger partial charge is 0.443 e. The molecule has 1 aliphatic rings. The maximum Gasteiger partial charge on any atom is 0.420 e. The van der Waals surface area contributed by atoms with Crippen molar-refractivity contribution in [1.29, 1.82) is 0 Å². The first-order valence-corrected chi connectivity index (χ1v) is 12.1.